The summed E-state index contributed by atoms with van der Waals surface area (Å²) in [6.07, 6.45) is -3.44. The Hall–Kier alpha value is -3.12. The average Bonchev–Trinajstić information content (AvgIpc) is 3.16. The van der Waals surface area contributed by atoms with Crippen LogP contribution in [0.5, 0.6) is 0 Å². The van der Waals surface area contributed by atoms with Gasteiger partial charge in [0.15, 0.2) is 0 Å². The lowest BCUT2D eigenvalue weighted by Gasteiger charge is -2.42. The summed E-state index contributed by atoms with van der Waals surface area (Å²) in [6, 6.07) is 10.6. The van der Waals surface area contributed by atoms with Gasteiger partial charge in [-0.15, -0.1) is 0 Å². The minimum atomic E-state index is -4.64. The lowest BCUT2D eigenvalue weighted by Crippen LogP contribution is -2.47. The quantitative estimate of drug-likeness (QED) is 0.700. The molecule has 0 saturated carbocycles. The standard InChI is InChI=1S/C24H23F4N3O2/c25-19-4-1-16(2-5-19)22(33)30-9-7-23(8-10-30)15-31(13-18(23)14-32)20-6-3-17(12-29)21(11-20)24(26,27)28/h1-6,11,18,32H,7-10,13-15H2. The molecule has 2 aliphatic heterocycles. The topological polar surface area (TPSA) is 67.6 Å². The average molecular weight is 461 g/mol. The van der Waals surface area contributed by atoms with Crippen LogP contribution in [0.25, 0.3) is 0 Å². The molecule has 1 N–H and O–H groups in total. The molecule has 1 amide bonds. The van der Waals surface area contributed by atoms with Gasteiger partial charge in [0, 0.05) is 50.0 Å². The van der Waals surface area contributed by atoms with Crippen molar-refractivity contribution >= 4 is 11.6 Å². The number of benzene rings is 2. The van der Waals surface area contributed by atoms with Crippen molar-refractivity contribution in [1.82, 2.24) is 4.90 Å². The van der Waals surface area contributed by atoms with Crippen LogP contribution < -0.4 is 4.90 Å². The minimum Gasteiger partial charge on any atom is -0.396 e. The smallest absolute Gasteiger partial charge is 0.396 e. The molecule has 0 radical (unpaired) electrons. The van der Waals surface area contributed by atoms with Gasteiger partial charge in [-0.25, -0.2) is 4.39 Å². The van der Waals surface area contributed by atoms with E-state index in [0.29, 0.717) is 50.3 Å². The lowest BCUT2D eigenvalue weighted by molar-refractivity contribution is -0.137. The van der Waals surface area contributed by atoms with Gasteiger partial charge in [0.1, 0.15) is 5.82 Å². The number of aliphatic hydroxyl groups excluding tert-OH is 1. The predicted molar refractivity (Wildman–Crippen MR) is 113 cm³/mol. The maximum Gasteiger partial charge on any atom is 0.417 e. The number of hydrogen-bond acceptors (Lipinski definition) is 4. The Morgan fingerprint density at radius 2 is 1.82 bits per heavy atom. The number of nitriles is 1. The summed E-state index contributed by atoms with van der Waals surface area (Å²) in [7, 11) is 0. The summed E-state index contributed by atoms with van der Waals surface area (Å²) in [4.78, 5) is 16.3. The van der Waals surface area contributed by atoms with Gasteiger partial charge in [0.2, 0.25) is 0 Å². The highest BCUT2D eigenvalue weighted by Gasteiger charge is 2.48. The number of halogens is 4. The summed E-state index contributed by atoms with van der Waals surface area (Å²) >= 11 is 0. The Kier molecular flexibility index (Phi) is 6.06. The highest BCUT2D eigenvalue weighted by Crippen LogP contribution is 2.46. The van der Waals surface area contributed by atoms with Crippen molar-refractivity contribution in [3.8, 4) is 6.07 Å². The van der Waals surface area contributed by atoms with E-state index in [-0.39, 0.29) is 23.8 Å². The normalized spacial score (nSPS) is 20.2. The third-order valence-electron chi connectivity index (χ3n) is 6.96. The number of hydrogen-bond donors (Lipinski definition) is 1. The van der Waals surface area contributed by atoms with Crippen LogP contribution in [-0.4, -0.2) is 48.7 Å². The second-order valence-electron chi connectivity index (χ2n) is 8.76. The van der Waals surface area contributed by atoms with E-state index >= 15 is 0 Å². The zero-order chi connectivity index (χ0) is 23.8. The molecule has 2 heterocycles. The van der Waals surface area contributed by atoms with Crippen LogP contribution in [0.4, 0.5) is 23.2 Å². The molecule has 1 atom stereocenters. The van der Waals surface area contributed by atoms with E-state index in [1.54, 1.807) is 11.0 Å². The predicted octanol–water partition coefficient (Wildman–Crippen LogP) is 4.07. The third kappa shape index (κ3) is 4.40. The molecule has 1 unspecified atom stereocenters. The number of carbonyl (C=O) groups excluding carboxylic acids is 1. The highest BCUT2D eigenvalue weighted by atomic mass is 19.4. The van der Waals surface area contributed by atoms with E-state index < -0.39 is 23.1 Å². The molecule has 174 valence electrons. The fraction of sp³-hybridized carbons (Fsp3) is 0.417. The van der Waals surface area contributed by atoms with Crippen molar-refractivity contribution in [2.75, 3.05) is 37.7 Å². The maximum atomic E-state index is 13.4. The number of carbonyl (C=O) groups is 1. The largest absolute Gasteiger partial charge is 0.417 e. The molecular weight excluding hydrogens is 438 g/mol. The first-order valence-corrected chi connectivity index (χ1v) is 10.7. The monoisotopic (exact) mass is 461 g/mol. The number of nitrogens with zero attached hydrogens (tertiary/aromatic N) is 3. The van der Waals surface area contributed by atoms with Crippen molar-refractivity contribution in [2.24, 2.45) is 11.3 Å². The van der Waals surface area contributed by atoms with Crippen molar-refractivity contribution < 1.29 is 27.5 Å². The van der Waals surface area contributed by atoms with Gasteiger partial charge in [-0.1, -0.05) is 0 Å². The SMILES string of the molecule is N#Cc1ccc(N2CC(CO)C3(CCN(C(=O)c4ccc(F)cc4)CC3)C2)cc1C(F)(F)F. The van der Waals surface area contributed by atoms with Gasteiger partial charge in [-0.2, -0.15) is 18.4 Å². The molecule has 0 aromatic heterocycles. The number of likely N-dealkylation sites (tertiary alicyclic amines) is 1. The summed E-state index contributed by atoms with van der Waals surface area (Å²) in [6.45, 7) is 1.64. The van der Waals surface area contributed by atoms with Gasteiger partial charge in [0.25, 0.3) is 5.91 Å². The molecule has 2 aromatic carbocycles. The number of anilines is 1. The fourth-order valence-electron chi connectivity index (χ4n) is 5.04. The first-order valence-electron chi connectivity index (χ1n) is 10.7. The van der Waals surface area contributed by atoms with Crippen LogP contribution in [-0.2, 0) is 6.18 Å². The second kappa shape index (κ2) is 8.67. The van der Waals surface area contributed by atoms with E-state index in [1.165, 1.54) is 36.4 Å². The maximum absolute atomic E-state index is 13.4. The van der Waals surface area contributed by atoms with Gasteiger partial charge in [0.05, 0.1) is 17.2 Å². The Morgan fingerprint density at radius 3 is 2.39 bits per heavy atom. The highest BCUT2D eigenvalue weighted by molar-refractivity contribution is 5.94. The van der Waals surface area contributed by atoms with Crippen LogP contribution in [0, 0.1) is 28.5 Å². The molecular formula is C24H23F4N3O2. The third-order valence-corrected chi connectivity index (χ3v) is 6.96. The van der Waals surface area contributed by atoms with Crippen molar-refractivity contribution in [3.05, 3.63) is 65.0 Å². The summed E-state index contributed by atoms with van der Waals surface area (Å²) in [5.41, 5.74) is -0.964. The van der Waals surface area contributed by atoms with E-state index in [9.17, 15) is 27.5 Å². The molecule has 2 fully saturated rings. The zero-order valence-electron chi connectivity index (χ0n) is 17.8. The number of alkyl halides is 3. The number of piperidine rings is 1. The number of rotatable bonds is 3. The van der Waals surface area contributed by atoms with Gasteiger partial charge in [-0.05, 0) is 60.7 Å². The molecule has 2 saturated heterocycles. The van der Waals surface area contributed by atoms with Crippen LogP contribution in [0.1, 0.15) is 34.3 Å². The van der Waals surface area contributed by atoms with E-state index in [1.807, 2.05) is 4.90 Å². The molecule has 9 heteroatoms. The Balaban J connectivity index is 1.51. The number of aliphatic hydroxyl groups is 1. The van der Waals surface area contributed by atoms with E-state index in [4.69, 9.17) is 5.26 Å². The summed E-state index contributed by atoms with van der Waals surface area (Å²) < 4.78 is 53.4. The van der Waals surface area contributed by atoms with Gasteiger partial charge in [-0.3, -0.25) is 4.79 Å². The first kappa shape index (κ1) is 23.1. The minimum absolute atomic E-state index is 0.106. The van der Waals surface area contributed by atoms with Crippen molar-refractivity contribution in [2.45, 2.75) is 19.0 Å². The Bertz CT molecular complexity index is 1070. The van der Waals surface area contributed by atoms with E-state index in [0.717, 1.165) is 6.07 Å². The Labute approximate surface area is 188 Å². The molecule has 5 nitrogen and oxygen atoms in total. The summed E-state index contributed by atoms with van der Waals surface area (Å²) in [5.74, 6) is -0.759. The molecule has 0 aliphatic carbocycles. The van der Waals surface area contributed by atoms with Gasteiger partial charge < -0.3 is 14.9 Å². The molecule has 4 rings (SSSR count). The van der Waals surface area contributed by atoms with E-state index in [2.05, 4.69) is 0 Å². The molecule has 2 aliphatic rings. The molecule has 2 aromatic rings. The lowest BCUT2D eigenvalue weighted by atomic mass is 9.71. The Morgan fingerprint density at radius 1 is 1.15 bits per heavy atom. The van der Waals surface area contributed by atoms with Crippen molar-refractivity contribution in [3.63, 3.8) is 0 Å². The first-order chi connectivity index (χ1) is 15.7. The van der Waals surface area contributed by atoms with Gasteiger partial charge >= 0.3 is 6.18 Å². The zero-order valence-corrected chi connectivity index (χ0v) is 17.8. The van der Waals surface area contributed by atoms with Crippen LogP contribution in [0.3, 0.4) is 0 Å². The van der Waals surface area contributed by atoms with Crippen molar-refractivity contribution in [1.29, 1.82) is 5.26 Å². The molecule has 33 heavy (non-hydrogen) atoms. The summed E-state index contributed by atoms with van der Waals surface area (Å²) in [5, 5.41) is 19.1. The van der Waals surface area contributed by atoms with Crippen LogP contribution in [0.15, 0.2) is 42.5 Å². The fourth-order valence-corrected chi connectivity index (χ4v) is 5.04. The molecule has 1 spiro atoms. The van der Waals surface area contributed by atoms with Crippen LogP contribution in [0.2, 0.25) is 0 Å². The second-order valence-corrected chi connectivity index (χ2v) is 8.76. The van der Waals surface area contributed by atoms with Crippen LogP contribution >= 0.6 is 0 Å². The molecule has 0 bridgehead atoms. The number of amides is 1.